The van der Waals surface area contributed by atoms with Crippen LogP contribution in [0.5, 0.6) is 0 Å². The first-order valence-corrected chi connectivity index (χ1v) is 8.75. The standard InChI is InChI=1S/C17H32N2O2/c1-13(2)11-16(12-19-9-3-4-10-19)18-15-7-5-14(6-8-15)17(20)21/h13-16,18H,3-12H2,1-2H3,(H,20,21)/t14?,15?,16-/m0/s1. The quantitative estimate of drug-likeness (QED) is 0.758. The summed E-state index contributed by atoms with van der Waals surface area (Å²) in [5.41, 5.74) is 0. The highest BCUT2D eigenvalue weighted by molar-refractivity contribution is 5.70. The minimum atomic E-state index is -0.607. The van der Waals surface area contributed by atoms with Gasteiger partial charge in [0.15, 0.2) is 0 Å². The van der Waals surface area contributed by atoms with Crippen LogP contribution >= 0.6 is 0 Å². The Morgan fingerprint density at radius 1 is 1.19 bits per heavy atom. The first-order valence-electron chi connectivity index (χ1n) is 8.75. The summed E-state index contributed by atoms with van der Waals surface area (Å²) in [7, 11) is 0. The van der Waals surface area contributed by atoms with Crippen LogP contribution in [-0.2, 0) is 4.79 Å². The van der Waals surface area contributed by atoms with Crippen molar-refractivity contribution in [1.29, 1.82) is 0 Å². The Bertz CT molecular complexity index is 319. The third-order valence-electron chi connectivity index (χ3n) is 4.98. The highest BCUT2D eigenvalue weighted by Crippen LogP contribution is 2.25. The van der Waals surface area contributed by atoms with E-state index in [4.69, 9.17) is 5.11 Å². The number of carboxylic acids is 1. The molecule has 1 aliphatic carbocycles. The van der Waals surface area contributed by atoms with E-state index < -0.39 is 5.97 Å². The minimum absolute atomic E-state index is 0.106. The molecule has 0 spiro atoms. The topological polar surface area (TPSA) is 52.6 Å². The number of likely N-dealkylation sites (tertiary alicyclic amines) is 1. The van der Waals surface area contributed by atoms with Crippen LogP contribution in [0.15, 0.2) is 0 Å². The molecule has 0 aromatic carbocycles. The van der Waals surface area contributed by atoms with Crippen LogP contribution in [-0.4, -0.2) is 47.7 Å². The van der Waals surface area contributed by atoms with Gasteiger partial charge in [0.25, 0.3) is 0 Å². The van der Waals surface area contributed by atoms with Gasteiger partial charge in [-0.2, -0.15) is 0 Å². The molecular weight excluding hydrogens is 264 g/mol. The van der Waals surface area contributed by atoms with Crippen molar-refractivity contribution in [2.45, 2.75) is 70.9 Å². The second-order valence-electron chi connectivity index (χ2n) is 7.39. The molecule has 0 aromatic rings. The van der Waals surface area contributed by atoms with Crippen molar-refractivity contribution < 1.29 is 9.90 Å². The summed E-state index contributed by atoms with van der Waals surface area (Å²) >= 11 is 0. The third-order valence-corrected chi connectivity index (χ3v) is 4.98. The highest BCUT2D eigenvalue weighted by Gasteiger charge is 2.28. The molecule has 4 nitrogen and oxygen atoms in total. The molecule has 0 unspecified atom stereocenters. The Labute approximate surface area is 129 Å². The summed E-state index contributed by atoms with van der Waals surface area (Å²) in [6.45, 7) is 8.25. The first-order chi connectivity index (χ1) is 10.0. The van der Waals surface area contributed by atoms with Crippen LogP contribution in [0.25, 0.3) is 0 Å². The number of hydrogen-bond donors (Lipinski definition) is 2. The summed E-state index contributed by atoms with van der Waals surface area (Å²) in [6, 6.07) is 1.08. The molecule has 1 heterocycles. The zero-order valence-corrected chi connectivity index (χ0v) is 13.7. The van der Waals surface area contributed by atoms with Crippen molar-refractivity contribution in [2.24, 2.45) is 11.8 Å². The summed E-state index contributed by atoms with van der Waals surface area (Å²) in [5.74, 6) is -0.00473. The number of hydrogen-bond acceptors (Lipinski definition) is 3. The lowest BCUT2D eigenvalue weighted by atomic mass is 9.85. The van der Waals surface area contributed by atoms with Crippen LogP contribution in [0, 0.1) is 11.8 Å². The van der Waals surface area contributed by atoms with Crippen LogP contribution in [0.3, 0.4) is 0 Å². The second kappa shape index (κ2) is 8.14. The fourth-order valence-corrected chi connectivity index (χ4v) is 3.88. The average molecular weight is 296 g/mol. The Hall–Kier alpha value is -0.610. The summed E-state index contributed by atoms with van der Waals surface area (Å²) in [5, 5.41) is 12.9. The molecule has 1 saturated carbocycles. The maximum atomic E-state index is 11.0. The van der Waals surface area contributed by atoms with E-state index in [1.807, 2.05) is 0 Å². The van der Waals surface area contributed by atoms with Gasteiger partial charge in [-0.25, -0.2) is 0 Å². The molecule has 4 heteroatoms. The molecule has 0 aromatic heterocycles. The van der Waals surface area contributed by atoms with Crippen molar-refractivity contribution in [2.75, 3.05) is 19.6 Å². The Balaban J connectivity index is 1.79. The van der Waals surface area contributed by atoms with Gasteiger partial charge >= 0.3 is 5.97 Å². The van der Waals surface area contributed by atoms with Gasteiger partial charge in [0.05, 0.1) is 5.92 Å². The SMILES string of the molecule is CC(C)C[C@@H](CN1CCCC1)NC1CCC(C(=O)O)CC1. The monoisotopic (exact) mass is 296 g/mol. The van der Waals surface area contributed by atoms with Gasteiger partial charge < -0.3 is 15.3 Å². The molecule has 2 fully saturated rings. The summed E-state index contributed by atoms with van der Waals surface area (Å²) < 4.78 is 0. The van der Waals surface area contributed by atoms with Crippen LogP contribution < -0.4 is 5.32 Å². The van der Waals surface area contributed by atoms with E-state index in [-0.39, 0.29) is 5.92 Å². The lowest BCUT2D eigenvalue weighted by molar-refractivity contribution is -0.142. The van der Waals surface area contributed by atoms with Gasteiger partial charge in [-0.3, -0.25) is 4.79 Å². The molecule has 2 N–H and O–H groups in total. The Morgan fingerprint density at radius 3 is 2.33 bits per heavy atom. The maximum absolute atomic E-state index is 11.0. The second-order valence-corrected chi connectivity index (χ2v) is 7.39. The number of carbonyl (C=O) groups is 1. The van der Waals surface area contributed by atoms with E-state index in [9.17, 15) is 4.79 Å². The molecule has 0 radical (unpaired) electrons. The lowest BCUT2D eigenvalue weighted by Gasteiger charge is -2.33. The lowest BCUT2D eigenvalue weighted by Crippen LogP contribution is -2.47. The molecule has 0 amide bonds. The van der Waals surface area contributed by atoms with Crippen molar-refractivity contribution in [3.8, 4) is 0 Å². The largest absolute Gasteiger partial charge is 0.481 e. The Morgan fingerprint density at radius 2 is 1.81 bits per heavy atom. The molecule has 1 saturated heterocycles. The number of nitrogens with zero attached hydrogens (tertiary/aromatic N) is 1. The predicted molar refractivity (Wildman–Crippen MR) is 85.4 cm³/mol. The summed E-state index contributed by atoms with van der Waals surface area (Å²) in [4.78, 5) is 13.6. The Kier molecular flexibility index (Phi) is 6.49. The zero-order valence-electron chi connectivity index (χ0n) is 13.7. The zero-order chi connectivity index (χ0) is 15.2. The van der Waals surface area contributed by atoms with E-state index in [0.717, 1.165) is 32.2 Å². The fraction of sp³-hybridized carbons (Fsp3) is 0.941. The van der Waals surface area contributed by atoms with Gasteiger partial charge in [-0.15, -0.1) is 0 Å². The molecule has 21 heavy (non-hydrogen) atoms. The van der Waals surface area contributed by atoms with Crippen LogP contribution in [0.4, 0.5) is 0 Å². The van der Waals surface area contributed by atoms with Crippen molar-refractivity contribution in [1.82, 2.24) is 10.2 Å². The van der Waals surface area contributed by atoms with Gasteiger partial charge in [0.1, 0.15) is 0 Å². The third kappa shape index (κ3) is 5.59. The summed E-state index contributed by atoms with van der Waals surface area (Å²) in [6.07, 6.45) is 7.62. The molecule has 1 atom stereocenters. The predicted octanol–water partition coefficient (Wildman–Crippen LogP) is 2.73. The van der Waals surface area contributed by atoms with Gasteiger partial charge in [0, 0.05) is 18.6 Å². The molecule has 1 aliphatic heterocycles. The normalized spacial score (nSPS) is 28.9. The van der Waals surface area contributed by atoms with Gasteiger partial charge in [-0.05, 0) is 64.0 Å². The number of rotatable bonds is 7. The fourth-order valence-electron chi connectivity index (χ4n) is 3.88. The average Bonchev–Trinajstić information content (AvgIpc) is 2.91. The molecular formula is C17H32N2O2. The van der Waals surface area contributed by atoms with E-state index in [0.29, 0.717) is 18.0 Å². The smallest absolute Gasteiger partial charge is 0.306 e. The molecule has 122 valence electrons. The van der Waals surface area contributed by atoms with E-state index in [1.165, 1.54) is 32.4 Å². The number of carboxylic acid groups (broad SMARTS) is 1. The highest BCUT2D eigenvalue weighted by atomic mass is 16.4. The molecule has 2 rings (SSSR count). The number of nitrogens with one attached hydrogen (secondary N) is 1. The van der Waals surface area contributed by atoms with Gasteiger partial charge in [0.2, 0.25) is 0 Å². The molecule has 2 aliphatic rings. The van der Waals surface area contributed by atoms with Gasteiger partial charge in [-0.1, -0.05) is 13.8 Å². The minimum Gasteiger partial charge on any atom is -0.481 e. The number of aliphatic carboxylic acids is 1. The molecule has 0 bridgehead atoms. The van der Waals surface area contributed by atoms with Crippen LogP contribution in [0.1, 0.15) is 58.8 Å². The van der Waals surface area contributed by atoms with E-state index >= 15 is 0 Å². The van der Waals surface area contributed by atoms with E-state index in [2.05, 4.69) is 24.1 Å². The first kappa shape index (κ1) is 16.8. The van der Waals surface area contributed by atoms with E-state index in [1.54, 1.807) is 0 Å². The van der Waals surface area contributed by atoms with Crippen molar-refractivity contribution >= 4 is 5.97 Å². The van der Waals surface area contributed by atoms with Crippen molar-refractivity contribution in [3.63, 3.8) is 0 Å². The van der Waals surface area contributed by atoms with Crippen LogP contribution in [0.2, 0.25) is 0 Å². The maximum Gasteiger partial charge on any atom is 0.306 e. The van der Waals surface area contributed by atoms with Crippen molar-refractivity contribution in [3.05, 3.63) is 0 Å².